The van der Waals surface area contributed by atoms with E-state index in [4.69, 9.17) is 16.2 Å². The number of likely N-dealkylation sites (tertiary alicyclic amines) is 1. The van der Waals surface area contributed by atoms with Crippen LogP contribution in [0.15, 0.2) is 114 Å². The largest absolute Gasteiger partial charge is 0.508 e. The van der Waals surface area contributed by atoms with Crippen LogP contribution in [0.25, 0.3) is 21.5 Å². The van der Waals surface area contributed by atoms with Gasteiger partial charge >= 0.3 is 0 Å². The van der Waals surface area contributed by atoms with Crippen LogP contribution < -0.4 is 53.4 Å². The van der Waals surface area contributed by atoms with Gasteiger partial charge in [-0.15, -0.1) is 0 Å². The number of aliphatic imine (C=N–C) groups is 1. The fourth-order valence-electron chi connectivity index (χ4n) is 8.92. The highest BCUT2D eigenvalue weighted by molar-refractivity contribution is 6.00. The van der Waals surface area contributed by atoms with Crippen LogP contribution in [-0.2, 0) is 44.8 Å². The third kappa shape index (κ3) is 17.1. The number of fused-ring (bicyclic) bond motifs is 2. The Morgan fingerprint density at radius 3 is 2.08 bits per heavy atom. The average molecular weight is 1070 g/mol. The van der Waals surface area contributed by atoms with E-state index < -0.39 is 96.7 Å². The van der Waals surface area contributed by atoms with Crippen LogP contribution >= 0.6 is 0 Å². The van der Waals surface area contributed by atoms with E-state index in [2.05, 4.69) is 42.2 Å². The molecule has 78 heavy (non-hydrogen) atoms. The molecule has 0 radical (unpaired) electrons. The van der Waals surface area contributed by atoms with Crippen molar-refractivity contribution in [1.29, 1.82) is 0 Å². The van der Waals surface area contributed by atoms with Gasteiger partial charge in [0.15, 0.2) is 12.6 Å². The van der Waals surface area contributed by atoms with Gasteiger partial charge in [-0.25, -0.2) is 0 Å². The third-order valence-electron chi connectivity index (χ3n) is 12.9. The number of nitrogens with zero attached hydrogens (tertiary/aromatic N) is 2. The number of hydrogen-bond donors (Lipinski definition) is 11. The predicted molar refractivity (Wildman–Crippen MR) is 293 cm³/mol. The number of ether oxygens (including phenoxy) is 1. The molecule has 1 saturated heterocycles. The number of amides is 8. The Balaban J connectivity index is 1.08. The molecule has 1 aliphatic heterocycles. The quantitative estimate of drug-likeness (QED) is 0.0213. The monoisotopic (exact) mass is 1070 g/mol. The fraction of sp³-hybridized carbons (Fsp3) is 0.375. The molecule has 0 aromatic heterocycles. The second kappa shape index (κ2) is 28.4. The van der Waals surface area contributed by atoms with E-state index in [0.29, 0.717) is 29.8 Å². The van der Waals surface area contributed by atoms with Crippen molar-refractivity contribution in [1.82, 2.24) is 36.8 Å². The van der Waals surface area contributed by atoms with E-state index in [9.17, 15) is 48.6 Å². The molecule has 5 aromatic carbocycles. The third-order valence-corrected chi connectivity index (χ3v) is 12.9. The second-order valence-corrected chi connectivity index (χ2v) is 19.4. The number of rotatable bonds is 26. The summed E-state index contributed by atoms with van der Waals surface area (Å²) >= 11 is 0. The van der Waals surface area contributed by atoms with Gasteiger partial charge in [0.25, 0.3) is 5.91 Å². The van der Waals surface area contributed by atoms with Crippen LogP contribution in [0.1, 0.15) is 58.4 Å². The normalized spacial score (nSPS) is 14.9. The minimum Gasteiger partial charge on any atom is -0.508 e. The molecule has 0 saturated carbocycles. The topological polar surface area (TPSA) is 338 Å². The van der Waals surface area contributed by atoms with Crippen molar-refractivity contribution in [3.8, 4) is 11.5 Å². The van der Waals surface area contributed by atoms with E-state index in [-0.39, 0.29) is 62.9 Å². The molecular formula is C56H69N11O11. The smallest absolute Gasteiger partial charge is 0.258 e. The lowest BCUT2D eigenvalue weighted by molar-refractivity contribution is -0.142. The van der Waals surface area contributed by atoms with Gasteiger partial charge in [-0.1, -0.05) is 92.7 Å². The Bertz CT molecular complexity index is 2960. The summed E-state index contributed by atoms with van der Waals surface area (Å²) in [6.45, 7) is 3.61. The predicted octanol–water partition coefficient (Wildman–Crippen LogP) is 1.60. The van der Waals surface area contributed by atoms with Crippen LogP contribution in [0.5, 0.6) is 11.5 Å². The zero-order valence-corrected chi connectivity index (χ0v) is 43.8. The lowest BCUT2D eigenvalue weighted by Gasteiger charge is -2.30. The number of benzene rings is 5. The summed E-state index contributed by atoms with van der Waals surface area (Å²) in [5.41, 5.74) is 12.1. The molecule has 13 N–H and O–H groups in total. The summed E-state index contributed by atoms with van der Waals surface area (Å²) in [6, 6.07) is 24.1. The number of carbonyl (C=O) groups excluding carboxylic acids is 8. The Kier molecular flexibility index (Phi) is 21.3. The molecule has 1 fully saturated rings. The first-order valence-corrected chi connectivity index (χ1v) is 25.8. The number of anilines is 1. The van der Waals surface area contributed by atoms with E-state index in [1.165, 1.54) is 36.1 Å². The Morgan fingerprint density at radius 2 is 1.36 bits per heavy atom. The second-order valence-electron chi connectivity index (χ2n) is 19.4. The molecule has 8 amide bonds. The van der Waals surface area contributed by atoms with E-state index in [1.807, 2.05) is 80.6 Å². The first kappa shape index (κ1) is 58.5. The highest BCUT2D eigenvalue weighted by Gasteiger charge is 2.39. The molecule has 0 aliphatic carbocycles. The van der Waals surface area contributed by atoms with Gasteiger partial charge in [0, 0.05) is 30.6 Å². The number of aliphatic hydroxyl groups excluding tert-OH is 1. The van der Waals surface area contributed by atoms with E-state index in [1.54, 1.807) is 18.2 Å². The number of aromatic hydroxyl groups is 1. The maximum absolute atomic E-state index is 14.4. The number of hydrogen-bond acceptors (Lipinski definition) is 12. The number of nitrogens with one attached hydrogen (secondary N) is 7. The minimum absolute atomic E-state index is 0.0447. The van der Waals surface area contributed by atoms with Crippen molar-refractivity contribution >= 4 is 80.4 Å². The molecule has 0 unspecified atom stereocenters. The van der Waals surface area contributed by atoms with E-state index >= 15 is 0 Å². The number of guanidine groups is 1. The van der Waals surface area contributed by atoms with Crippen LogP contribution in [-0.4, -0.2) is 137 Å². The van der Waals surface area contributed by atoms with Gasteiger partial charge in [0.05, 0.1) is 13.2 Å². The van der Waals surface area contributed by atoms with Gasteiger partial charge < -0.3 is 68.5 Å². The summed E-state index contributed by atoms with van der Waals surface area (Å²) < 4.78 is 5.74. The van der Waals surface area contributed by atoms with Crippen LogP contribution in [0.2, 0.25) is 0 Å². The lowest BCUT2D eigenvalue weighted by Crippen LogP contribution is -2.60. The van der Waals surface area contributed by atoms with Crippen molar-refractivity contribution < 1.29 is 53.3 Å². The van der Waals surface area contributed by atoms with Gasteiger partial charge in [-0.05, 0) is 97.0 Å². The van der Waals surface area contributed by atoms with Crippen molar-refractivity contribution in [2.75, 3.05) is 38.2 Å². The molecule has 1 aliphatic rings. The van der Waals surface area contributed by atoms with Crippen LogP contribution in [0, 0.1) is 5.92 Å². The number of nitrogens with two attached hydrogens (primary N) is 2. The average Bonchev–Trinajstić information content (AvgIpc) is 3.93. The molecule has 6 atom stereocenters. The van der Waals surface area contributed by atoms with Crippen molar-refractivity contribution in [3.05, 3.63) is 115 Å². The van der Waals surface area contributed by atoms with Gasteiger partial charge in [-0.3, -0.25) is 43.3 Å². The maximum atomic E-state index is 14.4. The molecule has 414 valence electrons. The highest BCUT2D eigenvalue weighted by Crippen LogP contribution is 2.25. The Labute approximate surface area is 451 Å². The first-order chi connectivity index (χ1) is 37.4. The summed E-state index contributed by atoms with van der Waals surface area (Å²) in [6.07, 6.45) is 1.01. The van der Waals surface area contributed by atoms with Gasteiger partial charge in [0.2, 0.25) is 41.4 Å². The zero-order chi connectivity index (χ0) is 56.3. The Hall–Kier alpha value is -8.79. The van der Waals surface area contributed by atoms with Crippen molar-refractivity contribution in [3.63, 3.8) is 0 Å². The SMILES string of the molecule is CC(C)C[C@H](NC(=O)[C@H](C)NC(=O)[C@H](Cc1ccc(O)cc1)NC(=O)[C@H](CO)NC(=O)COc1cccc2ccccc12)C(=O)N[C@@H](CCCN=C(N)N)C(=O)N1CCC[C@H]1C(=O)NCC(=O)Nc1ccc2ccccc2c1. The molecule has 1 heterocycles. The summed E-state index contributed by atoms with van der Waals surface area (Å²) in [7, 11) is 0. The molecule has 6 rings (SSSR count). The fourth-order valence-corrected chi connectivity index (χ4v) is 8.92. The molecular weight excluding hydrogens is 1000 g/mol. The molecule has 22 heteroatoms. The number of aliphatic hydroxyl groups is 1. The minimum atomic E-state index is -1.52. The first-order valence-electron chi connectivity index (χ1n) is 25.8. The maximum Gasteiger partial charge on any atom is 0.258 e. The number of phenolic OH excluding ortho intramolecular Hbond substituents is 1. The lowest BCUT2D eigenvalue weighted by atomic mass is 10.0. The summed E-state index contributed by atoms with van der Waals surface area (Å²) in [5, 5.41) is 42.1. The van der Waals surface area contributed by atoms with Crippen molar-refractivity contribution in [2.45, 2.75) is 95.5 Å². The standard InChI is InChI=1S/C56H69N11O11/c1-33(2)27-43(52(74)64-42(16-9-25-59-56(57)58)55(77)67-26-10-17-46(67)54(76)60-30-48(70)62-39-22-21-36-11-4-5-13-38(36)29-39)65-50(72)34(3)61-51(73)44(28-35-19-23-40(69)24-20-35)66-53(75)45(31-68)63-49(71)32-78-47-18-8-14-37-12-6-7-15-41(37)47/h4-8,11-15,18-24,29,33-34,42-46,68-69H,9-10,16-17,25-28,30-32H2,1-3H3,(H,60,76)(H,61,73)(H,62,70)(H,63,71)(H,64,74)(H,65,72)(H,66,75)(H4,57,58,59)/t34-,42-,43-,44-,45-,46-/m0/s1. The van der Waals surface area contributed by atoms with Gasteiger partial charge in [0.1, 0.15) is 47.8 Å². The summed E-state index contributed by atoms with van der Waals surface area (Å²) in [4.78, 5) is 115. The van der Waals surface area contributed by atoms with Crippen LogP contribution in [0.4, 0.5) is 5.69 Å². The molecule has 22 nitrogen and oxygen atoms in total. The zero-order valence-electron chi connectivity index (χ0n) is 43.8. The Morgan fingerprint density at radius 1 is 0.705 bits per heavy atom. The number of phenols is 1. The van der Waals surface area contributed by atoms with E-state index in [0.717, 1.165) is 21.5 Å². The summed E-state index contributed by atoms with van der Waals surface area (Å²) in [5.74, 6) is -5.57. The highest BCUT2D eigenvalue weighted by atomic mass is 16.5. The molecule has 0 bridgehead atoms. The van der Waals surface area contributed by atoms with Crippen molar-refractivity contribution in [2.24, 2.45) is 22.4 Å². The molecule has 0 spiro atoms. The van der Waals surface area contributed by atoms with Gasteiger partial charge in [-0.2, -0.15) is 0 Å². The number of carbonyl (C=O) groups is 8. The van der Waals surface area contributed by atoms with Crippen LogP contribution in [0.3, 0.4) is 0 Å². The molecule has 5 aromatic rings.